The number of benzene rings is 1. The zero-order chi connectivity index (χ0) is 17.1. The molecule has 0 bridgehead atoms. The molecule has 0 saturated heterocycles. The van der Waals surface area contributed by atoms with E-state index in [9.17, 15) is 9.59 Å². The van der Waals surface area contributed by atoms with E-state index in [1.54, 1.807) is 0 Å². The molecule has 1 rings (SSSR count). The Morgan fingerprint density at radius 2 is 1.65 bits per heavy atom. The zero-order valence-corrected chi connectivity index (χ0v) is 14.1. The molecule has 0 atom stereocenters. The number of aryl methyl sites for hydroxylation is 1. The van der Waals surface area contributed by atoms with Gasteiger partial charge in [-0.1, -0.05) is 44.2 Å². The van der Waals surface area contributed by atoms with Crippen molar-refractivity contribution < 1.29 is 14.7 Å². The first-order chi connectivity index (χ1) is 10.9. The van der Waals surface area contributed by atoms with Crippen LogP contribution in [0.1, 0.15) is 38.7 Å². The van der Waals surface area contributed by atoms with Gasteiger partial charge in [0.05, 0.1) is 0 Å². The second-order valence-corrected chi connectivity index (χ2v) is 6.54. The fourth-order valence-corrected chi connectivity index (χ4v) is 2.14. The van der Waals surface area contributed by atoms with Crippen LogP contribution in [-0.4, -0.2) is 36.6 Å². The minimum atomic E-state index is -0.412. The summed E-state index contributed by atoms with van der Waals surface area (Å²) >= 11 is 0. The van der Waals surface area contributed by atoms with Crippen LogP contribution in [0.4, 0.5) is 0 Å². The lowest BCUT2D eigenvalue weighted by atomic mass is 9.90. The van der Waals surface area contributed by atoms with Crippen LogP contribution in [0.25, 0.3) is 0 Å². The molecular weight excluding hydrogens is 292 g/mol. The van der Waals surface area contributed by atoms with Gasteiger partial charge in [-0.2, -0.15) is 0 Å². The van der Waals surface area contributed by atoms with Crippen molar-refractivity contribution >= 4 is 11.8 Å². The second-order valence-electron chi connectivity index (χ2n) is 6.54. The lowest BCUT2D eigenvalue weighted by molar-refractivity contribution is -0.124. The van der Waals surface area contributed by atoms with E-state index in [1.165, 1.54) is 5.56 Å². The summed E-state index contributed by atoms with van der Waals surface area (Å²) in [6.45, 7) is 4.47. The van der Waals surface area contributed by atoms with Gasteiger partial charge < -0.3 is 15.7 Å². The van der Waals surface area contributed by atoms with E-state index < -0.39 is 5.41 Å². The molecule has 1 aromatic rings. The monoisotopic (exact) mass is 320 g/mol. The highest BCUT2D eigenvalue weighted by Gasteiger charge is 2.20. The molecule has 1 aromatic carbocycles. The van der Waals surface area contributed by atoms with Gasteiger partial charge >= 0.3 is 0 Å². The number of aliphatic hydroxyl groups excluding tert-OH is 1. The van der Waals surface area contributed by atoms with Gasteiger partial charge in [0.2, 0.25) is 11.8 Å². The maximum absolute atomic E-state index is 11.7. The Balaban J connectivity index is 2.07. The number of hydrogen-bond acceptors (Lipinski definition) is 3. The summed E-state index contributed by atoms with van der Waals surface area (Å²) in [6.07, 6.45) is 2.46. The zero-order valence-electron chi connectivity index (χ0n) is 14.1. The van der Waals surface area contributed by atoms with Crippen molar-refractivity contribution in [3.05, 3.63) is 35.9 Å². The normalized spacial score (nSPS) is 11.1. The van der Waals surface area contributed by atoms with Crippen molar-refractivity contribution in [2.45, 2.75) is 39.5 Å². The van der Waals surface area contributed by atoms with Crippen LogP contribution >= 0.6 is 0 Å². The maximum Gasteiger partial charge on any atom is 0.220 e. The Hall–Kier alpha value is -1.88. The molecule has 0 aliphatic rings. The summed E-state index contributed by atoms with van der Waals surface area (Å²) in [6, 6.07) is 10.1. The molecule has 3 N–H and O–H groups in total. The van der Waals surface area contributed by atoms with E-state index in [0.717, 1.165) is 12.8 Å². The fourth-order valence-electron chi connectivity index (χ4n) is 2.14. The topological polar surface area (TPSA) is 78.4 Å². The first-order valence-corrected chi connectivity index (χ1v) is 8.11. The van der Waals surface area contributed by atoms with Gasteiger partial charge in [-0.05, 0) is 23.8 Å². The largest absolute Gasteiger partial charge is 0.396 e. The third-order valence-corrected chi connectivity index (χ3v) is 3.55. The SMILES string of the molecule is CC(C)(CO)CC(=O)NCCNC(=O)CCCc1ccccc1. The van der Waals surface area contributed by atoms with Crippen LogP contribution in [0.3, 0.4) is 0 Å². The number of amides is 2. The van der Waals surface area contributed by atoms with Crippen molar-refractivity contribution in [2.24, 2.45) is 5.41 Å². The summed E-state index contributed by atoms with van der Waals surface area (Å²) in [5.74, 6) is -0.103. The molecule has 0 aliphatic carbocycles. The lowest BCUT2D eigenvalue weighted by Crippen LogP contribution is -2.36. The van der Waals surface area contributed by atoms with Crippen molar-refractivity contribution in [3.63, 3.8) is 0 Å². The standard InChI is InChI=1S/C18H28N2O3/c1-18(2,14-21)13-17(23)20-12-11-19-16(22)10-6-9-15-7-4-3-5-8-15/h3-5,7-8,21H,6,9-14H2,1-2H3,(H,19,22)(H,20,23). The van der Waals surface area contributed by atoms with Gasteiger partial charge in [-0.3, -0.25) is 9.59 Å². The van der Waals surface area contributed by atoms with Crippen LogP contribution in [0.2, 0.25) is 0 Å². The maximum atomic E-state index is 11.7. The minimum Gasteiger partial charge on any atom is -0.396 e. The molecule has 0 heterocycles. The molecule has 0 aromatic heterocycles. The van der Waals surface area contributed by atoms with Gasteiger partial charge in [0, 0.05) is 32.5 Å². The van der Waals surface area contributed by atoms with Crippen LogP contribution < -0.4 is 10.6 Å². The van der Waals surface area contributed by atoms with Gasteiger partial charge in [-0.15, -0.1) is 0 Å². The Kier molecular flexibility index (Phi) is 8.33. The second kappa shape index (κ2) is 10.0. The highest BCUT2D eigenvalue weighted by atomic mass is 16.3. The molecule has 5 heteroatoms. The molecule has 0 aliphatic heterocycles. The van der Waals surface area contributed by atoms with Crippen LogP contribution in [0.5, 0.6) is 0 Å². The van der Waals surface area contributed by atoms with E-state index >= 15 is 0 Å². The fraction of sp³-hybridized carbons (Fsp3) is 0.556. The number of aliphatic hydroxyl groups is 1. The Bertz CT molecular complexity index is 486. The molecule has 0 radical (unpaired) electrons. The summed E-state index contributed by atoms with van der Waals surface area (Å²) in [5, 5.41) is 14.7. The third-order valence-electron chi connectivity index (χ3n) is 3.55. The van der Waals surface area contributed by atoms with Crippen molar-refractivity contribution in [2.75, 3.05) is 19.7 Å². The van der Waals surface area contributed by atoms with Crippen molar-refractivity contribution in [1.29, 1.82) is 0 Å². The van der Waals surface area contributed by atoms with Crippen molar-refractivity contribution in [3.8, 4) is 0 Å². The molecule has 0 unspecified atom stereocenters. The number of rotatable bonds is 10. The smallest absolute Gasteiger partial charge is 0.220 e. The Morgan fingerprint density at radius 3 is 2.26 bits per heavy atom. The quantitative estimate of drug-likeness (QED) is 0.574. The number of carbonyl (C=O) groups excluding carboxylic acids is 2. The predicted octanol–water partition coefficient (Wildman–Crippen LogP) is 1.65. The summed E-state index contributed by atoms with van der Waals surface area (Å²) in [5.41, 5.74) is 0.823. The molecule has 128 valence electrons. The van der Waals surface area contributed by atoms with E-state index in [4.69, 9.17) is 5.11 Å². The molecule has 5 nitrogen and oxygen atoms in total. The van der Waals surface area contributed by atoms with Crippen molar-refractivity contribution in [1.82, 2.24) is 10.6 Å². The van der Waals surface area contributed by atoms with E-state index in [-0.39, 0.29) is 24.8 Å². The number of carbonyl (C=O) groups is 2. The van der Waals surface area contributed by atoms with E-state index in [1.807, 2.05) is 32.0 Å². The van der Waals surface area contributed by atoms with E-state index in [2.05, 4.69) is 22.8 Å². The first kappa shape index (κ1) is 19.2. The summed E-state index contributed by atoms with van der Waals surface area (Å²) in [4.78, 5) is 23.4. The molecule has 0 spiro atoms. The van der Waals surface area contributed by atoms with Gasteiger partial charge in [0.1, 0.15) is 0 Å². The van der Waals surface area contributed by atoms with Gasteiger partial charge in [0.25, 0.3) is 0 Å². The third kappa shape index (κ3) is 8.98. The minimum absolute atomic E-state index is 0.00543. The predicted molar refractivity (Wildman–Crippen MR) is 90.9 cm³/mol. The Morgan fingerprint density at radius 1 is 1.04 bits per heavy atom. The van der Waals surface area contributed by atoms with Gasteiger partial charge in [-0.25, -0.2) is 0 Å². The van der Waals surface area contributed by atoms with E-state index in [0.29, 0.717) is 19.5 Å². The highest BCUT2D eigenvalue weighted by molar-refractivity contribution is 5.77. The average Bonchev–Trinajstić information content (AvgIpc) is 2.52. The summed E-state index contributed by atoms with van der Waals surface area (Å²) < 4.78 is 0. The lowest BCUT2D eigenvalue weighted by Gasteiger charge is -2.20. The molecule has 23 heavy (non-hydrogen) atoms. The van der Waals surface area contributed by atoms with Crippen LogP contribution in [-0.2, 0) is 16.0 Å². The van der Waals surface area contributed by atoms with Crippen LogP contribution in [0.15, 0.2) is 30.3 Å². The number of hydrogen-bond donors (Lipinski definition) is 3. The molecule has 2 amide bonds. The molecule has 0 saturated carbocycles. The Labute approximate surface area is 138 Å². The van der Waals surface area contributed by atoms with Gasteiger partial charge in [0.15, 0.2) is 0 Å². The highest BCUT2D eigenvalue weighted by Crippen LogP contribution is 2.18. The summed E-state index contributed by atoms with van der Waals surface area (Å²) in [7, 11) is 0. The molecule has 0 fully saturated rings. The average molecular weight is 320 g/mol. The first-order valence-electron chi connectivity index (χ1n) is 8.11. The number of nitrogens with one attached hydrogen (secondary N) is 2. The van der Waals surface area contributed by atoms with Crippen LogP contribution in [0, 0.1) is 5.41 Å². The molecular formula is C18H28N2O3.